The van der Waals surface area contributed by atoms with E-state index in [1.165, 1.54) is 0 Å². The number of carbonyl (C=O) groups is 1. The average Bonchev–Trinajstić information content (AvgIpc) is 2.47. The number of piperidine rings is 1. The first-order chi connectivity index (χ1) is 9.49. The van der Waals surface area contributed by atoms with E-state index in [2.05, 4.69) is 0 Å². The van der Waals surface area contributed by atoms with Crippen molar-refractivity contribution in [3.63, 3.8) is 0 Å². The molecule has 2 rings (SSSR count). The van der Waals surface area contributed by atoms with E-state index in [1.54, 1.807) is 32.4 Å². The number of rotatable bonds is 3. The van der Waals surface area contributed by atoms with Crippen LogP contribution in [0.5, 0.6) is 5.75 Å². The van der Waals surface area contributed by atoms with Crippen molar-refractivity contribution in [2.24, 2.45) is 0 Å². The van der Waals surface area contributed by atoms with Gasteiger partial charge in [0.05, 0.1) is 18.4 Å². The number of nitrogen functional groups attached to an aromatic ring is 1. The van der Waals surface area contributed by atoms with Crippen LogP contribution in [-0.2, 0) is 4.74 Å². The number of ether oxygens (including phenoxy) is 2. The van der Waals surface area contributed by atoms with Gasteiger partial charge in [0.25, 0.3) is 5.91 Å². The van der Waals surface area contributed by atoms with Crippen LogP contribution in [0.4, 0.5) is 5.69 Å². The van der Waals surface area contributed by atoms with E-state index in [0.717, 1.165) is 19.4 Å². The zero-order chi connectivity index (χ0) is 14.8. The molecule has 20 heavy (non-hydrogen) atoms. The van der Waals surface area contributed by atoms with E-state index in [1.807, 2.05) is 11.8 Å². The van der Waals surface area contributed by atoms with Crippen molar-refractivity contribution < 1.29 is 14.3 Å². The maximum Gasteiger partial charge on any atom is 0.254 e. The minimum absolute atomic E-state index is 0.00808. The quantitative estimate of drug-likeness (QED) is 0.858. The molecule has 1 aromatic carbocycles. The summed E-state index contributed by atoms with van der Waals surface area (Å²) in [7, 11) is 3.24. The minimum atomic E-state index is -0.258. The van der Waals surface area contributed by atoms with Crippen LogP contribution in [0.15, 0.2) is 18.2 Å². The standard InChI is InChI=1S/C15H22N2O3/c1-15(20-3)7-4-8-17(10-15)14(18)11-5-6-12(16)13(9-11)19-2/h5-6,9H,4,7-8,10,16H2,1-3H3. The highest BCUT2D eigenvalue weighted by atomic mass is 16.5. The molecule has 1 amide bonds. The Kier molecular flexibility index (Phi) is 4.18. The van der Waals surface area contributed by atoms with Crippen LogP contribution >= 0.6 is 0 Å². The lowest BCUT2D eigenvalue weighted by atomic mass is 9.94. The number of amides is 1. The van der Waals surface area contributed by atoms with Crippen molar-refractivity contribution in [2.45, 2.75) is 25.4 Å². The first kappa shape index (κ1) is 14.7. The molecule has 1 aliphatic rings. The molecule has 0 aliphatic carbocycles. The third-order valence-electron chi connectivity index (χ3n) is 3.92. The fourth-order valence-electron chi connectivity index (χ4n) is 2.57. The molecule has 1 aromatic rings. The number of nitrogens with two attached hydrogens (primary N) is 1. The second-order valence-electron chi connectivity index (χ2n) is 5.44. The minimum Gasteiger partial charge on any atom is -0.495 e. The van der Waals surface area contributed by atoms with Gasteiger partial charge in [-0.15, -0.1) is 0 Å². The highest BCUT2D eigenvalue weighted by molar-refractivity contribution is 5.95. The number of likely N-dealkylation sites (tertiary alicyclic amines) is 1. The second-order valence-corrected chi connectivity index (χ2v) is 5.44. The molecule has 0 saturated carbocycles. The lowest BCUT2D eigenvalue weighted by Gasteiger charge is -2.39. The molecule has 0 radical (unpaired) electrons. The molecule has 1 atom stereocenters. The maximum atomic E-state index is 12.6. The Balaban J connectivity index is 2.19. The van der Waals surface area contributed by atoms with Crippen molar-refractivity contribution >= 4 is 11.6 Å². The van der Waals surface area contributed by atoms with Crippen LogP contribution < -0.4 is 10.5 Å². The SMILES string of the molecule is COc1cc(C(=O)N2CCCC(C)(OC)C2)ccc1N. The summed E-state index contributed by atoms with van der Waals surface area (Å²) in [4.78, 5) is 14.4. The summed E-state index contributed by atoms with van der Waals surface area (Å²) in [5, 5.41) is 0. The zero-order valence-corrected chi connectivity index (χ0v) is 12.3. The Morgan fingerprint density at radius 2 is 2.15 bits per heavy atom. The smallest absolute Gasteiger partial charge is 0.254 e. The molecule has 0 aromatic heterocycles. The Hall–Kier alpha value is -1.75. The molecule has 110 valence electrons. The van der Waals surface area contributed by atoms with Crippen LogP contribution in [0.3, 0.4) is 0 Å². The van der Waals surface area contributed by atoms with Gasteiger partial charge in [0.15, 0.2) is 0 Å². The van der Waals surface area contributed by atoms with E-state index in [0.29, 0.717) is 23.5 Å². The summed E-state index contributed by atoms with van der Waals surface area (Å²) >= 11 is 0. The number of anilines is 1. The molecule has 2 N–H and O–H groups in total. The van der Waals surface area contributed by atoms with Gasteiger partial charge in [-0.1, -0.05) is 0 Å². The molecular weight excluding hydrogens is 256 g/mol. The summed E-state index contributed by atoms with van der Waals surface area (Å²) in [6.45, 7) is 3.40. The number of benzene rings is 1. The molecule has 1 aliphatic heterocycles. The molecular formula is C15H22N2O3. The Bertz CT molecular complexity index is 504. The summed E-state index contributed by atoms with van der Waals surface area (Å²) in [6, 6.07) is 5.13. The van der Waals surface area contributed by atoms with Crippen LogP contribution in [0.2, 0.25) is 0 Å². The molecule has 1 saturated heterocycles. The van der Waals surface area contributed by atoms with Gasteiger partial charge in [0, 0.05) is 25.8 Å². The van der Waals surface area contributed by atoms with Crippen LogP contribution in [0.1, 0.15) is 30.1 Å². The van der Waals surface area contributed by atoms with Gasteiger partial charge in [-0.2, -0.15) is 0 Å². The van der Waals surface area contributed by atoms with E-state index in [9.17, 15) is 4.79 Å². The van der Waals surface area contributed by atoms with E-state index < -0.39 is 0 Å². The lowest BCUT2D eigenvalue weighted by Crippen LogP contribution is -2.49. The topological polar surface area (TPSA) is 64.8 Å². The first-order valence-electron chi connectivity index (χ1n) is 6.77. The summed E-state index contributed by atoms with van der Waals surface area (Å²) in [5.74, 6) is 0.522. The Morgan fingerprint density at radius 3 is 2.80 bits per heavy atom. The average molecular weight is 278 g/mol. The largest absolute Gasteiger partial charge is 0.495 e. The van der Waals surface area contributed by atoms with Crippen molar-refractivity contribution in [3.05, 3.63) is 23.8 Å². The lowest BCUT2D eigenvalue weighted by molar-refractivity contribution is -0.0440. The first-order valence-corrected chi connectivity index (χ1v) is 6.77. The third kappa shape index (κ3) is 2.88. The molecule has 5 heteroatoms. The van der Waals surface area contributed by atoms with Crippen molar-refractivity contribution in [1.29, 1.82) is 0 Å². The Labute approximate surface area is 119 Å². The summed E-state index contributed by atoms with van der Waals surface area (Å²) in [5.41, 5.74) is 6.64. The maximum absolute atomic E-state index is 12.6. The van der Waals surface area contributed by atoms with Gasteiger partial charge in [-0.05, 0) is 38.0 Å². The highest BCUT2D eigenvalue weighted by Crippen LogP contribution is 2.27. The third-order valence-corrected chi connectivity index (χ3v) is 3.92. The fraction of sp³-hybridized carbons (Fsp3) is 0.533. The zero-order valence-electron chi connectivity index (χ0n) is 12.3. The van der Waals surface area contributed by atoms with Crippen LogP contribution in [-0.4, -0.2) is 43.7 Å². The molecule has 0 spiro atoms. The number of methoxy groups -OCH3 is 2. The normalized spacial score (nSPS) is 22.6. The van der Waals surface area contributed by atoms with Crippen molar-refractivity contribution in [2.75, 3.05) is 33.0 Å². The Morgan fingerprint density at radius 1 is 1.40 bits per heavy atom. The van der Waals surface area contributed by atoms with Crippen LogP contribution in [0, 0.1) is 0 Å². The van der Waals surface area contributed by atoms with Gasteiger partial charge in [0.2, 0.25) is 0 Å². The summed E-state index contributed by atoms with van der Waals surface area (Å²) in [6.07, 6.45) is 1.92. The number of carbonyl (C=O) groups excluding carboxylic acids is 1. The van der Waals surface area contributed by atoms with E-state index in [-0.39, 0.29) is 11.5 Å². The molecule has 1 unspecified atom stereocenters. The van der Waals surface area contributed by atoms with Crippen molar-refractivity contribution in [3.8, 4) is 5.75 Å². The van der Waals surface area contributed by atoms with Gasteiger partial charge in [-0.25, -0.2) is 0 Å². The monoisotopic (exact) mass is 278 g/mol. The highest BCUT2D eigenvalue weighted by Gasteiger charge is 2.33. The van der Waals surface area contributed by atoms with Gasteiger partial charge in [0.1, 0.15) is 5.75 Å². The van der Waals surface area contributed by atoms with Crippen LogP contribution in [0.25, 0.3) is 0 Å². The fourth-order valence-corrected chi connectivity index (χ4v) is 2.57. The van der Waals surface area contributed by atoms with E-state index in [4.69, 9.17) is 15.2 Å². The molecule has 0 bridgehead atoms. The number of hydrogen-bond donors (Lipinski definition) is 1. The number of hydrogen-bond acceptors (Lipinski definition) is 4. The molecule has 1 heterocycles. The van der Waals surface area contributed by atoms with Crippen molar-refractivity contribution in [1.82, 2.24) is 4.90 Å². The summed E-state index contributed by atoms with van der Waals surface area (Å²) < 4.78 is 10.7. The second kappa shape index (κ2) is 5.71. The molecule has 5 nitrogen and oxygen atoms in total. The van der Waals surface area contributed by atoms with Gasteiger partial charge < -0.3 is 20.1 Å². The molecule has 1 fully saturated rings. The van der Waals surface area contributed by atoms with Gasteiger partial charge >= 0.3 is 0 Å². The predicted molar refractivity (Wildman–Crippen MR) is 78.0 cm³/mol. The number of nitrogens with zero attached hydrogens (tertiary/aromatic N) is 1. The van der Waals surface area contributed by atoms with E-state index >= 15 is 0 Å². The predicted octanol–water partition coefficient (Wildman–Crippen LogP) is 1.92. The van der Waals surface area contributed by atoms with Gasteiger partial charge in [-0.3, -0.25) is 4.79 Å².